The van der Waals surface area contributed by atoms with Gasteiger partial charge < -0.3 is 10.6 Å². The zero-order valence-corrected chi connectivity index (χ0v) is 10.9. The van der Waals surface area contributed by atoms with Crippen LogP contribution in [0.1, 0.15) is 30.1 Å². The molecule has 0 bridgehead atoms. The summed E-state index contributed by atoms with van der Waals surface area (Å²) < 4.78 is 0. The Kier molecular flexibility index (Phi) is 4.82. The molecular weight excluding hydrogens is 236 g/mol. The van der Waals surface area contributed by atoms with E-state index in [1.54, 1.807) is 24.3 Å². The number of benzene rings is 1. The van der Waals surface area contributed by atoms with Gasteiger partial charge in [-0.15, -0.1) is 12.4 Å². The van der Waals surface area contributed by atoms with Crippen molar-refractivity contribution in [3.8, 4) is 0 Å². The first-order valence-electron chi connectivity index (χ1n) is 5.85. The molecular formula is C13H19ClN2O. The highest BCUT2D eigenvalue weighted by Gasteiger charge is 2.26. The molecule has 0 aliphatic heterocycles. The average molecular weight is 255 g/mol. The standard InChI is InChI=1S/C13H18N2O.ClH/c1-2-15(9-10-3-4-10)13(16)11-5-7-12(14)8-6-11;/h5-8,10H,2-4,9,14H2,1H3;1H. The van der Waals surface area contributed by atoms with Gasteiger partial charge in [0.2, 0.25) is 0 Å². The van der Waals surface area contributed by atoms with Crippen LogP contribution in [0.3, 0.4) is 0 Å². The highest BCUT2D eigenvalue weighted by molar-refractivity contribution is 5.94. The van der Waals surface area contributed by atoms with Crippen LogP contribution in [-0.4, -0.2) is 23.9 Å². The van der Waals surface area contributed by atoms with Gasteiger partial charge in [0.1, 0.15) is 0 Å². The van der Waals surface area contributed by atoms with Gasteiger partial charge in [0.25, 0.3) is 5.91 Å². The number of rotatable bonds is 4. The lowest BCUT2D eigenvalue weighted by Crippen LogP contribution is -2.32. The van der Waals surface area contributed by atoms with E-state index in [0.717, 1.165) is 24.6 Å². The van der Waals surface area contributed by atoms with E-state index in [4.69, 9.17) is 5.73 Å². The molecule has 17 heavy (non-hydrogen) atoms. The molecule has 1 aromatic carbocycles. The van der Waals surface area contributed by atoms with Crippen LogP contribution in [-0.2, 0) is 0 Å². The molecule has 1 amide bonds. The second kappa shape index (κ2) is 5.92. The summed E-state index contributed by atoms with van der Waals surface area (Å²) in [5.41, 5.74) is 7.03. The molecule has 1 aliphatic rings. The van der Waals surface area contributed by atoms with Crippen molar-refractivity contribution < 1.29 is 4.79 Å². The van der Waals surface area contributed by atoms with Crippen molar-refractivity contribution in [3.05, 3.63) is 29.8 Å². The molecule has 0 aromatic heterocycles. The van der Waals surface area contributed by atoms with E-state index >= 15 is 0 Å². The number of nitrogens with zero attached hydrogens (tertiary/aromatic N) is 1. The van der Waals surface area contributed by atoms with Gasteiger partial charge in [0.05, 0.1) is 0 Å². The van der Waals surface area contributed by atoms with Gasteiger partial charge >= 0.3 is 0 Å². The molecule has 2 rings (SSSR count). The van der Waals surface area contributed by atoms with Crippen molar-refractivity contribution in [2.24, 2.45) is 5.92 Å². The topological polar surface area (TPSA) is 46.3 Å². The van der Waals surface area contributed by atoms with Crippen molar-refractivity contribution in [3.63, 3.8) is 0 Å². The maximum absolute atomic E-state index is 12.1. The molecule has 0 spiro atoms. The van der Waals surface area contributed by atoms with Gasteiger partial charge in [-0.1, -0.05) is 0 Å². The Morgan fingerprint density at radius 2 is 1.94 bits per heavy atom. The minimum atomic E-state index is 0. The van der Waals surface area contributed by atoms with Crippen molar-refractivity contribution in [1.82, 2.24) is 4.90 Å². The maximum atomic E-state index is 12.1. The Bertz CT molecular complexity index is 374. The molecule has 1 fully saturated rings. The van der Waals surface area contributed by atoms with E-state index in [-0.39, 0.29) is 18.3 Å². The van der Waals surface area contributed by atoms with Gasteiger partial charge in [-0.3, -0.25) is 4.79 Å². The van der Waals surface area contributed by atoms with E-state index in [1.165, 1.54) is 12.8 Å². The Balaban J connectivity index is 0.00000144. The van der Waals surface area contributed by atoms with Gasteiger partial charge in [0, 0.05) is 24.3 Å². The summed E-state index contributed by atoms with van der Waals surface area (Å²) in [6, 6.07) is 7.15. The molecule has 0 atom stereocenters. The molecule has 3 nitrogen and oxygen atoms in total. The van der Waals surface area contributed by atoms with Gasteiger partial charge in [-0.05, 0) is 49.9 Å². The Hall–Kier alpha value is -1.22. The summed E-state index contributed by atoms with van der Waals surface area (Å²) in [4.78, 5) is 14.1. The van der Waals surface area contributed by atoms with Gasteiger partial charge in [-0.2, -0.15) is 0 Å². The maximum Gasteiger partial charge on any atom is 0.253 e. The van der Waals surface area contributed by atoms with Crippen LogP contribution in [0.4, 0.5) is 5.69 Å². The average Bonchev–Trinajstić information content (AvgIpc) is 3.10. The molecule has 1 aliphatic carbocycles. The van der Waals surface area contributed by atoms with Crippen molar-refractivity contribution in [1.29, 1.82) is 0 Å². The Morgan fingerprint density at radius 3 is 2.41 bits per heavy atom. The van der Waals surface area contributed by atoms with E-state index in [0.29, 0.717) is 5.69 Å². The van der Waals surface area contributed by atoms with E-state index < -0.39 is 0 Å². The van der Waals surface area contributed by atoms with E-state index in [9.17, 15) is 4.79 Å². The first-order chi connectivity index (χ1) is 7.70. The van der Waals surface area contributed by atoms with Crippen molar-refractivity contribution in [2.75, 3.05) is 18.8 Å². The lowest BCUT2D eigenvalue weighted by Gasteiger charge is -2.20. The zero-order chi connectivity index (χ0) is 11.5. The van der Waals surface area contributed by atoms with Crippen LogP contribution in [0.25, 0.3) is 0 Å². The number of hydrogen-bond acceptors (Lipinski definition) is 2. The highest BCUT2D eigenvalue weighted by atomic mass is 35.5. The van der Waals surface area contributed by atoms with Crippen LogP contribution in [0.2, 0.25) is 0 Å². The van der Waals surface area contributed by atoms with Gasteiger partial charge in [0.15, 0.2) is 0 Å². The molecule has 0 unspecified atom stereocenters. The lowest BCUT2D eigenvalue weighted by atomic mass is 10.1. The number of anilines is 1. The van der Waals surface area contributed by atoms with Crippen LogP contribution >= 0.6 is 12.4 Å². The fourth-order valence-corrected chi connectivity index (χ4v) is 1.78. The van der Waals surface area contributed by atoms with E-state index in [1.807, 2.05) is 11.8 Å². The smallest absolute Gasteiger partial charge is 0.253 e. The summed E-state index contributed by atoms with van der Waals surface area (Å²) in [7, 11) is 0. The second-order valence-corrected chi connectivity index (χ2v) is 4.41. The van der Waals surface area contributed by atoms with Gasteiger partial charge in [-0.25, -0.2) is 0 Å². The SMILES string of the molecule is CCN(CC1CC1)C(=O)c1ccc(N)cc1.Cl. The summed E-state index contributed by atoms with van der Waals surface area (Å²) in [5, 5.41) is 0. The molecule has 2 N–H and O–H groups in total. The van der Waals surface area contributed by atoms with Crippen LogP contribution in [0, 0.1) is 5.92 Å². The van der Waals surface area contributed by atoms with Crippen LogP contribution < -0.4 is 5.73 Å². The summed E-state index contributed by atoms with van der Waals surface area (Å²) in [6.45, 7) is 3.71. The summed E-state index contributed by atoms with van der Waals surface area (Å²) >= 11 is 0. The number of amides is 1. The number of nitrogens with two attached hydrogens (primary N) is 1. The largest absolute Gasteiger partial charge is 0.399 e. The Morgan fingerprint density at radius 1 is 1.35 bits per heavy atom. The number of carbonyl (C=O) groups excluding carboxylic acids is 1. The molecule has 0 heterocycles. The molecule has 1 aromatic rings. The quantitative estimate of drug-likeness (QED) is 0.840. The van der Waals surface area contributed by atoms with E-state index in [2.05, 4.69) is 0 Å². The highest BCUT2D eigenvalue weighted by Crippen LogP contribution is 2.30. The number of halogens is 1. The summed E-state index contributed by atoms with van der Waals surface area (Å²) in [6.07, 6.45) is 2.54. The fourth-order valence-electron chi connectivity index (χ4n) is 1.78. The Labute approximate surface area is 108 Å². The predicted octanol–water partition coefficient (Wildman–Crippen LogP) is 2.56. The molecule has 1 saturated carbocycles. The molecule has 94 valence electrons. The van der Waals surface area contributed by atoms with Crippen molar-refractivity contribution in [2.45, 2.75) is 19.8 Å². The monoisotopic (exact) mass is 254 g/mol. The lowest BCUT2D eigenvalue weighted by molar-refractivity contribution is 0.0757. The zero-order valence-electron chi connectivity index (χ0n) is 10.1. The minimum absolute atomic E-state index is 0. The minimum Gasteiger partial charge on any atom is -0.399 e. The fraction of sp³-hybridized carbons (Fsp3) is 0.462. The normalized spacial score (nSPS) is 13.9. The van der Waals surface area contributed by atoms with Crippen molar-refractivity contribution >= 4 is 24.0 Å². The third-order valence-electron chi connectivity index (χ3n) is 3.00. The summed E-state index contributed by atoms with van der Waals surface area (Å²) in [5.74, 6) is 0.854. The third-order valence-corrected chi connectivity index (χ3v) is 3.00. The number of hydrogen-bond donors (Lipinski definition) is 1. The molecule has 0 radical (unpaired) electrons. The third kappa shape index (κ3) is 3.63. The number of nitrogen functional groups attached to an aromatic ring is 1. The van der Waals surface area contributed by atoms with Crippen LogP contribution in [0.15, 0.2) is 24.3 Å². The second-order valence-electron chi connectivity index (χ2n) is 4.41. The number of carbonyl (C=O) groups is 1. The first-order valence-corrected chi connectivity index (χ1v) is 5.85. The molecule has 4 heteroatoms. The molecule has 0 saturated heterocycles. The first kappa shape index (κ1) is 13.8. The predicted molar refractivity (Wildman–Crippen MR) is 72.4 cm³/mol. The van der Waals surface area contributed by atoms with Crippen LogP contribution in [0.5, 0.6) is 0 Å².